The van der Waals surface area contributed by atoms with Gasteiger partial charge in [0.2, 0.25) is 0 Å². The van der Waals surface area contributed by atoms with Crippen LogP contribution < -0.4 is 62.9 Å². The van der Waals surface area contributed by atoms with Crippen LogP contribution in [-0.4, -0.2) is 13.0 Å². The van der Waals surface area contributed by atoms with Gasteiger partial charge >= 0.3 is 51.4 Å². The van der Waals surface area contributed by atoms with E-state index in [1.807, 2.05) is 0 Å². The van der Waals surface area contributed by atoms with E-state index < -0.39 is 15.0 Å². The van der Waals surface area contributed by atoms with E-state index in [0.717, 1.165) is 6.07 Å². The van der Waals surface area contributed by atoms with Gasteiger partial charge in [-0.1, -0.05) is 6.07 Å². The van der Waals surface area contributed by atoms with Gasteiger partial charge < -0.3 is 16.0 Å². The summed E-state index contributed by atoms with van der Waals surface area (Å²) in [4.78, 5) is -0.470. The van der Waals surface area contributed by atoms with Crippen LogP contribution in [0.15, 0.2) is 23.1 Å². The Bertz CT molecular complexity index is 404. The summed E-state index contributed by atoms with van der Waals surface area (Å²) in [5.41, 5.74) is 10.5. The van der Waals surface area contributed by atoms with Crippen LogP contribution in [0.1, 0.15) is 0 Å². The van der Waals surface area contributed by atoms with Gasteiger partial charge in [-0.3, -0.25) is 0 Å². The van der Waals surface area contributed by atoms with Crippen LogP contribution in [0.25, 0.3) is 0 Å². The van der Waals surface area contributed by atoms with Crippen molar-refractivity contribution in [3.8, 4) is 0 Å². The second-order valence-electron chi connectivity index (χ2n) is 2.21. The molecule has 0 aromatic heterocycles. The van der Waals surface area contributed by atoms with E-state index in [2.05, 4.69) is 0 Å². The Hall–Kier alpha value is 0.366. The van der Waals surface area contributed by atoms with Crippen molar-refractivity contribution in [3.63, 3.8) is 0 Å². The number of nitrogen functional groups attached to an aromatic ring is 2. The molecule has 0 saturated carbocycles. The Balaban J connectivity index is 0.00000144. The molecule has 0 radical (unpaired) electrons. The first-order valence-corrected chi connectivity index (χ1v) is 4.43. The van der Waals surface area contributed by atoms with Gasteiger partial charge in [0.05, 0.1) is 16.3 Å². The molecule has 0 bridgehead atoms. The van der Waals surface area contributed by atoms with Crippen LogP contribution in [0.4, 0.5) is 11.4 Å². The normalized spacial score (nSPS) is 10.5. The third-order valence-electron chi connectivity index (χ3n) is 1.37. The van der Waals surface area contributed by atoms with Gasteiger partial charge in [-0.15, -0.1) is 0 Å². The number of hydrogen-bond acceptors (Lipinski definition) is 5. The van der Waals surface area contributed by atoms with Crippen molar-refractivity contribution in [2.45, 2.75) is 4.90 Å². The molecule has 1 rings (SSSR count). The van der Waals surface area contributed by atoms with E-state index >= 15 is 0 Å². The average Bonchev–Trinajstić information content (AvgIpc) is 1.92. The molecule has 4 N–H and O–H groups in total. The number of hydrogen-bond donors (Lipinski definition) is 2. The van der Waals surface area contributed by atoms with Crippen LogP contribution in [0.5, 0.6) is 0 Å². The molecule has 0 atom stereocenters. The second kappa shape index (κ2) is 4.74. The van der Waals surface area contributed by atoms with E-state index in [0.29, 0.717) is 0 Å². The quantitative estimate of drug-likeness (QED) is 0.297. The zero-order valence-electron chi connectivity index (χ0n) is 7.02. The average molecular weight is 226 g/mol. The summed E-state index contributed by atoms with van der Waals surface area (Å²) in [6, 6.07) is 3.90. The first-order valence-electron chi connectivity index (χ1n) is 3.03. The Morgan fingerprint density at radius 1 is 1.23 bits per heavy atom. The summed E-state index contributed by atoms with van der Waals surface area (Å²) in [7, 11) is -4.51. The topological polar surface area (TPSA) is 109 Å². The van der Waals surface area contributed by atoms with E-state index in [1.54, 1.807) is 0 Å². The minimum Gasteiger partial charge on any atom is -0.744 e. The predicted molar refractivity (Wildman–Crippen MR) is 43.2 cm³/mol. The molecule has 66 valence electrons. The maximum absolute atomic E-state index is 10.5. The first kappa shape index (κ1) is 13.4. The summed E-state index contributed by atoms with van der Waals surface area (Å²) >= 11 is 0. The summed E-state index contributed by atoms with van der Waals surface area (Å²) < 4.78 is 31.5. The van der Waals surface area contributed by atoms with Gasteiger partial charge in [0.15, 0.2) is 0 Å². The van der Waals surface area contributed by atoms with Crippen molar-refractivity contribution in [3.05, 3.63) is 18.2 Å². The standard InChI is InChI=1S/C6H8N2O3S.K/c7-4-2-1-3-5(6(4)8)12(9,10)11;/h1-3H,7-8H2,(H,9,10,11);/q;+1/p-1. The maximum Gasteiger partial charge on any atom is 1.00 e. The van der Waals surface area contributed by atoms with Crippen LogP contribution in [0.2, 0.25) is 0 Å². The Morgan fingerprint density at radius 3 is 2.15 bits per heavy atom. The maximum atomic E-state index is 10.5. The monoisotopic (exact) mass is 226 g/mol. The molecular formula is C6H7KN2O3S. The number of anilines is 2. The van der Waals surface area contributed by atoms with Crippen molar-refractivity contribution in [1.82, 2.24) is 0 Å². The number of benzene rings is 1. The second-order valence-corrected chi connectivity index (χ2v) is 3.56. The third kappa shape index (κ3) is 3.20. The predicted octanol–water partition coefficient (Wildman–Crippen LogP) is -3.24. The Morgan fingerprint density at radius 2 is 1.77 bits per heavy atom. The molecule has 0 heterocycles. The molecule has 0 spiro atoms. The summed E-state index contributed by atoms with van der Waals surface area (Å²) in [5.74, 6) is 0. The fourth-order valence-electron chi connectivity index (χ4n) is 0.779. The molecule has 13 heavy (non-hydrogen) atoms. The minimum atomic E-state index is -4.51. The largest absolute Gasteiger partial charge is 1.00 e. The van der Waals surface area contributed by atoms with Crippen LogP contribution in [0.3, 0.4) is 0 Å². The van der Waals surface area contributed by atoms with Crippen molar-refractivity contribution >= 4 is 21.5 Å². The van der Waals surface area contributed by atoms with Crippen molar-refractivity contribution in [2.75, 3.05) is 11.5 Å². The molecule has 0 unspecified atom stereocenters. The molecular weight excluding hydrogens is 219 g/mol. The van der Waals surface area contributed by atoms with Crippen LogP contribution in [0, 0.1) is 0 Å². The van der Waals surface area contributed by atoms with E-state index in [9.17, 15) is 13.0 Å². The minimum absolute atomic E-state index is 0. The van der Waals surface area contributed by atoms with E-state index in [1.165, 1.54) is 12.1 Å². The molecule has 1 aromatic rings. The van der Waals surface area contributed by atoms with Crippen molar-refractivity contribution < 1.29 is 64.4 Å². The fourth-order valence-corrected chi connectivity index (χ4v) is 1.41. The third-order valence-corrected chi connectivity index (χ3v) is 2.26. The van der Waals surface area contributed by atoms with Gasteiger partial charge in [-0.2, -0.15) is 0 Å². The van der Waals surface area contributed by atoms with Gasteiger partial charge in [0, 0.05) is 0 Å². The van der Waals surface area contributed by atoms with Gasteiger partial charge in [0.25, 0.3) is 0 Å². The zero-order chi connectivity index (χ0) is 9.35. The van der Waals surface area contributed by atoms with Crippen LogP contribution in [-0.2, 0) is 10.1 Å². The Kier molecular flexibility index (Phi) is 4.87. The van der Waals surface area contributed by atoms with Crippen LogP contribution >= 0.6 is 0 Å². The van der Waals surface area contributed by atoms with E-state index in [-0.39, 0.29) is 62.8 Å². The summed E-state index contributed by atoms with van der Waals surface area (Å²) in [6.07, 6.45) is 0. The van der Waals surface area contributed by atoms with E-state index in [4.69, 9.17) is 11.5 Å². The van der Waals surface area contributed by atoms with Gasteiger partial charge in [-0.05, 0) is 12.1 Å². The SMILES string of the molecule is Nc1cccc(S(=O)(=O)[O-])c1N.[K+]. The van der Waals surface area contributed by atoms with Gasteiger partial charge in [-0.25, -0.2) is 8.42 Å². The molecule has 0 amide bonds. The molecule has 0 saturated heterocycles. The Labute approximate surface area is 119 Å². The van der Waals surface area contributed by atoms with Crippen molar-refractivity contribution in [2.24, 2.45) is 0 Å². The number of para-hydroxylation sites is 1. The molecule has 0 aliphatic heterocycles. The molecule has 0 aliphatic carbocycles. The number of rotatable bonds is 1. The molecule has 0 fully saturated rings. The molecule has 1 aromatic carbocycles. The molecule has 5 nitrogen and oxygen atoms in total. The summed E-state index contributed by atoms with van der Waals surface area (Å²) in [6.45, 7) is 0. The summed E-state index contributed by atoms with van der Waals surface area (Å²) in [5, 5.41) is 0. The molecule has 7 heteroatoms. The zero-order valence-corrected chi connectivity index (χ0v) is 11.0. The fraction of sp³-hybridized carbons (Fsp3) is 0. The smallest absolute Gasteiger partial charge is 0.744 e. The van der Waals surface area contributed by atoms with Crippen molar-refractivity contribution in [1.29, 1.82) is 0 Å². The molecule has 0 aliphatic rings. The first-order chi connectivity index (χ1) is 5.43. The van der Waals surface area contributed by atoms with Gasteiger partial charge in [0.1, 0.15) is 10.1 Å². The number of nitrogens with two attached hydrogens (primary N) is 2.